The highest BCUT2D eigenvalue weighted by molar-refractivity contribution is 5.87. The van der Waals surface area contributed by atoms with E-state index >= 15 is 0 Å². The number of nitrogens with zero attached hydrogens (tertiary/aromatic N) is 1. The zero-order valence-electron chi connectivity index (χ0n) is 5.97. The molecule has 1 fully saturated rings. The van der Waals surface area contributed by atoms with E-state index in [1.54, 1.807) is 4.90 Å². The molecule has 0 saturated carbocycles. The maximum atomic E-state index is 10.9. The molecule has 0 bridgehead atoms. The molecule has 1 amide bonds. The van der Waals surface area contributed by atoms with Crippen LogP contribution in [0.1, 0.15) is 12.8 Å². The van der Waals surface area contributed by atoms with Crippen LogP contribution in [0, 0.1) is 6.42 Å². The van der Waals surface area contributed by atoms with E-state index in [9.17, 15) is 4.79 Å². The Kier molecular flexibility index (Phi) is 2.49. The molecule has 2 heteroatoms. The fourth-order valence-corrected chi connectivity index (χ4v) is 1.01. The van der Waals surface area contributed by atoms with Gasteiger partial charge in [0.05, 0.1) is 0 Å². The number of rotatable bonds is 1. The van der Waals surface area contributed by atoms with Crippen molar-refractivity contribution in [2.75, 3.05) is 13.1 Å². The maximum absolute atomic E-state index is 10.9. The van der Waals surface area contributed by atoms with E-state index < -0.39 is 0 Å². The van der Waals surface area contributed by atoms with Crippen LogP contribution in [0.2, 0.25) is 0 Å². The average Bonchev–Trinajstić information content (AvgIpc) is 2.05. The Bertz CT molecular complexity index is 136. The van der Waals surface area contributed by atoms with Gasteiger partial charge < -0.3 is 4.90 Å². The molecular formula is C8H11NO. The third-order valence-electron chi connectivity index (χ3n) is 1.60. The summed E-state index contributed by atoms with van der Waals surface area (Å²) in [6.45, 7) is 5.04. The predicted molar refractivity (Wildman–Crippen MR) is 39.3 cm³/mol. The Labute approximate surface area is 61.5 Å². The van der Waals surface area contributed by atoms with Crippen molar-refractivity contribution in [3.8, 4) is 0 Å². The van der Waals surface area contributed by atoms with Gasteiger partial charge in [-0.2, -0.15) is 0 Å². The van der Waals surface area contributed by atoms with E-state index in [1.165, 1.54) is 6.08 Å². The third-order valence-corrected chi connectivity index (χ3v) is 1.60. The molecule has 0 unspecified atom stereocenters. The van der Waals surface area contributed by atoms with Gasteiger partial charge in [0.25, 0.3) is 0 Å². The van der Waals surface area contributed by atoms with Crippen LogP contribution in [0.5, 0.6) is 0 Å². The van der Waals surface area contributed by atoms with Gasteiger partial charge in [-0.25, -0.2) is 0 Å². The van der Waals surface area contributed by atoms with Gasteiger partial charge in [-0.1, -0.05) is 6.58 Å². The summed E-state index contributed by atoms with van der Waals surface area (Å²) in [7, 11) is 0. The van der Waals surface area contributed by atoms with Crippen molar-refractivity contribution in [3.63, 3.8) is 0 Å². The fraction of sp³-hybridized carbons (Fsp3) is 0.500. The van der Waals surface area contributed by atoms with E-state index in [0.29, 0.717) is 0 Å². The molecule has 2 radical (unpaired) electrons. The minimum Gasteiger partial charge on any atom is -0.339 e. The lowest BCUT2D eigenvalue weighted by molar-refractivity contribution is -0.126. The topological polar surface area (TPSA) is 20.3 Å². The number of hydrogen-bond acceptors (Lipinski definition) is 1. The van der Waals surface area contributed by atoms with E-state index in [0.717, 1.165) is 25.9 Å². The highest BCUT2D eigenvalue weighted by Crippen LogP contribution is 2.07. The van der Waals surface area contributed by atoms with Crippen molar-refractivity contribution >= 4 is 5.91 Å². The van der Waals surface area contributed by atoms with Crippen LogP contribution < -0.4 is 0 Å². The first-order chi connectivity index (χ1) is 4.84. The Morgan fingerprint density at radius 1 is 1.50 bits per heavy atom. The summed E-state index contributed by atoms with van der Waals surface area (Å²) >= 11 is 0. The summed E-state index contributed by atoms with van der Waals surface area (Å²) in [6, 6.07) is 0. The second-order valence-electron chi connectivity index (χ2n) is 2.28. The molecule has 54 valence electrons. The van der Waals surface area contributed by atoms with Crippen LogP contribution in [-0.4, -0.2) is 23.9 Å². The molecule has 0 aromatic carbocycles. The molecule has 0 aliphatic carbocycles. The van der Waals surface area contributed by atoms with E-state index in [2.05, 4.69) is 13.0 Å². The lowest BCUT2D eigenvalue weighted by Gasteiger charge is -2.24. The largest absolute Gasteiger partial charge is 0.339 e. The van der Waals surface area contributed by atoms with E-state index in [1.807, 2.05) is 0 Å². The van der Waals surface area contributed by atoms with Crippen molar-refractivity contribution in [1.82, 2.24) is 4.90 Å². The molecular weight excluding hydrogens is 126 g/mol. The lowest BCUT2D eigenvalue weighted by Crippen LogP contribution is -2.34. The van der Waals surface area contributed by atoms with Crippen molar-refractivity contribution in [2.24, 2.45) is 0 Å². The predicted octanol–water partition coefficient (Wildman–Crippen LogP) is 0.876. The molecule has 0 spiro atoms. The number of piperidine rings is 1. The van der Waals surface area contributed by atoms with Gasteiger partial charge >= 0.3 is 0 Å². The monoisotopic (exact) mass is 137 g/mol. The van der Waals surface area contributed by atoms with Gasteiger partial charge in [-0.05, 0) is 25.3 Å². The number of carbonyl (C=O) groups is 1. The summed E-state index contributed by atoms with van der Waals surface area (Å²) in [5, 5.41) is 0. The molecule has 0 N–H and O–H groups in total. The Balaban J connectivity index is 2.38. The summed E-state index contributed by atoms with van der Waals surface area (Å²) in [5.41, 5.74) is 0. The molecule has 1 aliphatic heterocycles. The Hall–Kier alpha value is -0.790. The maximum Gasteiger partial charge on any atom is 0.245 e. The van der Waals surface area contributed by atoms with Gasteiger partial charge in [-0.15, -0.1) is 0 Å². The normalized spacial score (nSPS) is 18.6. The molecule has 1 aliphatic rings. The van der Waals surface area contributed by atoms with Crippen LogP contribution >= 0.6 is 0 Å². The van der Waals surface area contributed by atoms with Gasteiger partial charge in [0.1, 0.15) is 0 Å². The summed E-state index contributed by atoms with van der Waals surface area (Å²) < 4.78 is 0. The average molecular weight is 137 g/mol. The van der Waals surface area contributed by atoms with Crippen molar-refractivity contribution < 1.29 is 4.79 Å². The molecule has 10 heavy (non-hydrogen) atoms. The molecule has 1 rings (SSSR count). The number of carbonyl (C=O) groups excluding carboxylic acids is 1. The smallest absolute Gasteiger partial charge is 0.245 e. The fourth-order valence-electron chi connectivity index (χ4n) is 1.01. The van der Waals surface area contributed by atoms with Crippen molar-refractivity contribution in [2.45, 2.75) is 12.8 Å². The number of amides is 1. The first-order valence-electron chi connectivity index (χ1n) is 3.46. The van der Waals surface area contributed by atoms with Crippen LogP contribution in [0.3, 0.4) is 0 Å². The van der Waals surface area contributed by atoms with E-state index in [4.69, 9.17) is 0 Å². The van der Waals surface area contributed by atoms with E-state index in [-0.39, 0.29) is 5.91 Å². The molecule has 0 aromatic rings. The lowest BCUT2D eigenvalue weighted by atomic mass is 10.1. The summed E-state index contributed by atoms with van der Waals surface area (Å²) in [5.74, 6) is 0.0431. The van der Waals surface area contributed by atoms with Crippen LogP contribution in [-0.2, 0) is 4.79 Å². The second kappa shape index (κ2) is 3.40. The van der Waals surface area contributed by atoms with Crippen LogP contribution in [0.15, 0.2) is 12.7 Å². The minimum atomic E-state index is 0.0431. The second-order valence-corrected chi connectivity index (χ2v) is 2.28. The molecule has 1 heterocycles. The zero-order valence-corrected chi connectivity index (χ0v) is 5.97. The molecule has 0 aromatic heterocycles. The first-order valence-corrected chi connectivity index (χ1v) is 3.46. The highest BCUT2D eigenvalue weighted by atomic mass is 16.2. The van der Waals surface area contributed by atoms with Gasteiger partial charge in [0.2, 0.25) is 5.91 Å². The third kappa shape index (κ3) is 1.59. The SMILES string of the molecule is C=CC(=O)N1CC[C]CC1. The van der Waals surface area contributed by atoms with Crippen LogP contribution in [0.25, 0.3) is 0 Å². The first kappa shape index (κ1) is 7.32. The number of hydrogen-bond donors (Lipinski definition) is 0. The summed E-state index contributed by atoms with van der Waals surface area (Å²) in [6.07, 6.45) is 6.34. The molecule has 1 saturated heterocycles. The zero-order chi connectivity index (χ0) is 7.40. The number of likely N-dealkylation sites (tertiary alicyclic amines) is 1. The van der Waals surface area contributed by atoms with Crippen LogP contribution in [0.4, 0.5) is 0 Å². The highest BCUT2D eigenvalue weighted by Gasteiger charge is 2.12. The molecule has 2 nitrogen and oxygen atoms in total. The Morgan fingerprint density at radius 3 is 2.60 bits per heavy atom. The molecule has 0 atom stereocenters. The minimum absolute atomic E-state index is 0.0431. The van der Waals surface area contributed by atoms with Gasteiger partial charge in [0, 0.05) is 13.1 Å². The van der Waals surface area contributed by atoms with Crippen molar-refractivity contribution in [3.05, 3.63) is 19.1 Å². The van der Waals surface area contributed by atoms with Gasteiger partial charge in [-0.3, -0.25) is 4.79 Å². The Morgan fingerprint density at radius 2 is 2.10 bits per heavy atom. The standard InChI is InChI=1S/C8H11NO/c1-2-8(10)9-6-4-3-5-7-9/h2H,1,4-7H2. The van der Waals surface area contributed by atoms with Gasteiger partial charge in [0.15, 0.2) is 0 Å². The quantitative estimate of drug-likeness (QED) is 0.491. The van der Waals surface area contributed by atoms with Crippen molar-refractivity contribution in [1.29, 1.82) is 0 Å². The summed E-state index contributed by atoms with van der Waals surface area (Å²) in [4.78, 5) is 12.7.